The van der Waals surface area contributed by atoms with Crippen molar-refractivity contribution in [1.82, 2.24) is 10.6 Å². The molecule has 1 fully saturated rings. The van der Waals surface area contributed by atoms with Crippen LogP contribution in [-0.4, -0.2) is 32.2 Å². The summed E-state index contributed by atoms with van der Waals surface area (Å²) in [6.07, 6.45) is 3.93. The molecule has 1 aromatic rings. The molecule has 2 rings (SSSR count). The fraction of sp³-hybridized carbons (Fsp3) is 0.632. The number of unbranched alkanes of at least 4 members (excludes halogenated alkanes) is 1. The molecule has 1 aliphatic rings. The summed E-state index contributed by atoms with van der Waals surface area (Å²) in [4.78, 5) is 12.3. The van der Waals surface area contributed by atoms with Crippen LogP contribution in [-0.2, 0) is 11.3 Å². The molecule has 0 unspecified atom stereocenters. The molecule has 2 N–H and O–H groups in total. The second-order valence-electron chi connectivity index (χ2n) is 6.48. The summed E-state index contributed by atoms with van der Waals surface area (Å²) in [6, 6.07) is 6.25. The SMILES string of the molecule is CCCCOc1ccc(CNC(=O)[C@H]2CCN[C@@H](C)C2)cc1OC.Cl. The average Bonchev–Trinajstić information content (AvgIpc) is 2.60. The molecule has 0 radical (unpaired) electrons. The molecule has 5 nitrogen and oxygen atoms in total. The van der Waals surface area contributed by atoms with Crippen molar-refractivity contribution in [2.24, 2.45) is 5.92 Å². The number of amides is 1. The van der Waals surface area contributed by atoms with Crippen molar-refractivity contribution in [1.29, 1.82) is 0 Å². The smallest absolute Gasteiger partial charge is 0.223 e. The largest absolute Gasteiger partial charge is 0.493 e. The molecule has 1 aromatic carbocycles. The third-order valence-electron chi connectivity index (χ3n) is 4.44. The van der Waals surface area contributed by atoms with Gasteiger partial charge in [-0.05, 0) is 50.4 Å². The number of piperidine rings is 1. The Balaban J connectivity index is 0.00000312. The summed E-state index contributed by atoms with van der Waals surface area (Å²) in [5.74, 6) is 1.73. The Labute approximate surface area is 157 Å². The van der Waals surface area contributed by atoms with Gasteiger partial charge in [0.05, 0.1) is 13.7 Å². The first kappa shape index (κ1) is 21.6. The third-order valence-corrected chi connectivity index (χ3v) is 4.44. The number of carbonyl (C=O) groups is 1. The molecule has 0 saturated carbocycles. The van der Waals surface area contributed by atoms with Crippen LogP contribution in [0.1, 0.15) is 45.1 Å². The molecule has 6 heteroatoms. The van der Waals surface area contributed by atoms with Crippen LogP contribution < -0.4 is 20.1 Å². The maximum absolute atomic E-state index is 12.3. The average molecular weight is 371 g/mol. The number of nitrogens with one attached hydrogen (secondary N) is 2. The molecule has 1 heterocycles. The van der Waals surface area contributed by atoms with Crippen molar-refractivity contribution in [2.75, 3.05) is 20.3 Å². The predicted octanol–water partition coefficient (Wildman–Crippen LogP) is 3.30. The van der Waals surface area contributed by atoms with E-state index in [0.717, 1.165) is 43.5 Å². The number of rotatable bonds is 8. The molecular formula is C19H31ClN2O3. The zero-order chi connectivity index (χ0) is 17.4. The van der Waals surface area contributed by atoms with Gasteiger partial charge in [-0.2, -0.15) is 0 Å². The van der Waals surface area contributed by atoms with Crippen LogP contribution in [0.4, 0.5) is 0 Å². The minimum atomic E-state index is 0. The van der Waals surface area contributed by atoms with E-state index in [1.54, 1.807) is 7.11 Å². The van der Waals surface area contributed by atoms with Gasteiger partial charge in [-0.15, -0.1) is 12.4 Å². The highest BCUT2D eigenvalue weighted by Crippen LogP contribution is 2.28. The standard InChI is InChI=1S/C19H30N2O3.ClH/c1-4-5-10-24-17-7-6-15(12-18(17)23-3)13-21-19(22)16-8-9-20-14(2)11-16;/h6-7,12,14,16,20H,4-5,8-11,13H2,1-3H3,(H,21,22);1H/t14-,16-;/m0./s1. The van der Waals surface area contributed by atoms with Crippen molar-refractivity contribution >= 4 is 18.3 Å². The van der Waals surface area contributed by atoms with Crippen LogP contribution in [0.5, 0.6) is 11.5 Å². The zero-order valence-electron chi connectivity index (χ0n) is 15.5. The Kier molecular flexibility index (Phi) is 9.68. The highest BCUT2D eigenvalue weighted by Gasteiger charge is 2.24. The minimum absolute atomic E-state index is 0. The van der Waals surface area contributed by atoms with Gasteiger partial charge in [0.15, 0.2) is 11.5 Å². The Morgan fingerprint density at radius 3 is 2.84 bits per heavy atom. The molecule has 2 atom stereocenters. The van der Waals surface area contributed by atoms with E-state index < -0.39 is 0 Å². The van der Waals surface area contributed by atoms with E-state index in [4.69, 9.17) is 9.47 Å². The van der Waals surface area contributed by atoms with Crippen molar-refractivity contribution < 1.29 is 14.3 Å². The first-order valence-corrected chi connectivity index (χ1v) is 8.94. The van der Waals surface area contributed by atoms with Crippen LogP contribution in [0.2, 0.25) is 0 Å². The Hall–Kier alpha value is -1.46. The highest BCUT2D eigenvalue weighted by molar-refractivity contribution is 5.85. The summed E-state index contributed by atoms with van der Waals surface area (Å²) in [7, 11) is 1.64. The molecule has 0 aromatic heterocycles. The first-order valence-electron chi connectivity index (χ1n) is 8.94. The second-order valence-corrected chi connectivity index (χ2v) is 6.48. The summed E-state index contributed by atoms with van der Waals surface area (Å²) >= 11 is 0. The lowest BCUT2D eigenvalue weighted by molar-refractivity contribution is -0.126. The van der Waals surface area contributed by atoms with Gasteiger partial charge < -0.3 is 20.1 Å². The van der Waals surface area contributed by atoms with Crippen LogP contribution in [0, 0.1) is 5.92 Å². The second kappa shape index (κ2) is 11.2. The van der Waals surface area contributed by atoms with Crippen molar-refractivity contribution in [3.63, 3.8) is 0 Å². The lowest BCUT2D eigenvalue weighted by atomic mass is 9.92. The molecule has 1 aliphatic heterocycles. The molecule has 142 valence electrons. The quantitative estimate of drug-likeness (QED) is 0.689. The van der Waals surface area contributed by atoms with Gasteiger partial charge in [0, 0.05) is 18.5 Å². The fourth-order valence-corrected chi connectivity index (χ4v) is 2.97. The molecule has 0 aliphatic carbocycles. The van der Waals surface area contributed by atoms with Crippen LogP contribution in [0.25, 0.3) is 0 Å². The number of benzene rings is 1. The topological polar surface area (TPSA) is 59.6 Å². The number of halogens is 1. The summed E-state index contributed by atoms with van der Waals surface area (Å²) < 4.78 is 11.1. The van der Waals surface area contributed by atoms with E-state index in [-0.39, 0.29) is 24.2 Å². The minimum Gasteiger partial charge on any atom is -0.493 e. The number of ether oxygens (including phenoxy) is 2. The van der Waals surface area contributed by atoms with E-state index >= 15 is 0 Å². The maximum atomic E-state index is 12.3. The van der Waals surface area contributed by atoms with Gasteiger partial charge >= 0.3 is 0 Å². The van der Waals surface area contributed by atoms with Gasteiger partial charge in [0.1, 0.15) is 0 Å². The molecule has 0 spiro atoms. The molecule has 1 saturated heterocycles. The van der Waals surface area contributed by atoms with Gasteiger partial charge in [-0.1, -0.05) is 19.4 Å². The first-order chi connectivity index (χ1) is 11.6. The van der Waals surface area contributed by atoms with E-state index in [2.05, 4.69) is 24.5 Å². The lowest BCUT2D eigenvalue weighted by Gasteiger charge is -2.27. The van der Waals surface area contributed by atoms with Gasteiger partial charge in [0.25, 0.3) is 0 Å². The van der Waals surface area contributed by atoms with Crippen molar-refractivity contribution in [3.05, 3.63) is 23.8 Å². The van der Waals surface area contributed by atoms with Gasteiger partial charge in [-0.25, -0.2) is 0 Å². The summed E-state index contributed by atoms with van der Waals surface area (Å²) in [6.45, 7) is 6.38. The lowest BCUT2D eigenvalue weighted by Crippen LogP contribution is -2.42. The summed E-state index contributed by atoms with van der Waals surface area (Å²) in [5, 5.41) is 6.42. The Bertz CT molecular complexity index is 539. The monoisotopic (exact) mass is 370 g/mol. The van der Waals surface area contributed by atoms with Crippen LogP contribution in [0.3, 0.4) is 0 Å². The number of hydrogen-bond acceptors (Lipinski definition) is 4. The van der Waals surface area contributed by atoms with Gasteiger partial charge in [0.2, 0.25) is 5.91 Å². The van der Waals surface area contributed by atoms with E-state index in [0.29, 0.717) is 24.9 Å². The Morgan fingerprint density at radius 1 is 1.36 bits per heavy atom. The molecule has 0 bridgehead atoms. The van der Waals surface area contributed by atoms with E-state index in [1.165, 1.54) is 0 Å². The molecule has 1 amide bonds. The van der Waals surface area contributed by atoms with Gasteiger partial charge in [-0.3, -0.25) is 4.79 Å². The fourth-order valence-electron chi connectivity index (χ4n) is 2.97. The zero-order valence-corrected chi connectivity index (χ0v) is 16.3. The van der Waals surface area contributed by atoms with E-state index in [1.807, 2.05) is 18.2 Å². The molecular weight excluding hydrogens is 340 g/mol. The third kappa shape index (κ3) is 6.75. The number of hydrogen-bond donors (Lipinski definition) is 2. The number of methoxy groups -OCH3 is 1. The maximum Gasteiger partial charge on any atom is 0.223 e. The van der Waals surface area contributed by atoms with Crippen LogP contribution >= 0.6 is 12.4 Å². The normalized spacial score (nSPS) is 19.6. The van der Waals surface area contributed by atoms with Crippen LogP contribution in [0.15, 0.2) is 18.2 Å². The highest BCUT2D eigenvalue weighted by atomic mass is 35.5. The predicted molar refractivity (Wildman–Crippen MR) is 103 cm³/mol. The van der Waals surface area contributed by atoms with E-state index in [9.17, 15) is 4.79 Å². The Morgan fingerprint density at radius 2 is 2.16 bits per heavy atom. The number of carbonyl (C=O) groups excluding carboxylic acids is 1. The summed E-state index contributed by atoms with van der Waals surface area (Å²) in [5.41, 5.74) is 1.02. The molecule has 25 heavy (non-hydrogen) atoms. The van der Waals surface area contributed by atoms with Crippen molar-refractivity contribution in [2.45, 2.75) is 52.1 Å². The van der Waals surface area contributed by atoms with Crippen molar-refractivity contribution in [3.8, 4) is 11.5 Å².